The van der Waals surface area contributed by atoms with Gasteiger partial charge in [0.1, 0.15) is 0 Å². The highest BCUT2D eigenvalue weighted by Gasteiger charge is 2.13. The number of rotatable bonds is 5. The standard InChI is InChI=1S/C13H22N2/c1-4-10-15(11(3)5-2)13-9-7-6-8-12(13)14/h6-9,11H,4-5,10,14H2,1-3H3. The Bertz CT molecular complexity index is 296. The summed E-state index contributed by atoms with van der Waals surface area (Å²) < 4.78 is 0. The van der Waals surface area contributed by atoms with Crippen LogP contribution in [0.25, 0.3) is 0 Å². The van der Waals surface area contributed by atoms with Crippen LogP contribution in [0.2, 0.25) is 0 Å². The minimum absolute atomic E-state index is 0.551. The lowest BCUT2D eigenvalue weighted by atomic mass is 10.1. The lowest BCUT2D eigenvalue weighted by Gasteiger charge is -2.31. The molecule has 0 aliphatic heterocycles. The largest absolute Gasteiger partial charge is 0.397 e. The quantitative estimate of drug-likeness (QED) is 0.749. The summed E-state index contributed by atoms with van der Waals surface area (Å²) in [4.78, 5) is 2.40. The van der Waals surface area contributed by atoms with Gasteiger partial charge < -0.3 is 10.6 Å². The number of nitrogen functional groups attached to an aromatic ring is 1. The fraction of sp³-hybridized carbons (Fsp3) is 0.538. The van der Waals surface area contributed by atoms with Crippen LogP contribution in [-0.2, 0) is 0 Å². The van der Waals surface area contributed by atoms with Crippen LogP contribution in [-0.4, -0.2) is 12.6 Å². The Morgan fingerprint density at radius 3 is 2.47 bits per heavy atom. The molecule has 0 saturated carbocycles. The average Bonchev–Trinajstić information content (AvgIpc) is 2.26. The second-order valence-electron chi connectivity index (χ2n) is 4.01. The number of hydrogen-bond donors (Lipinski definition) is 1. The van der Waals surface area contributed by atoms with E-state index in [9.17, 15) is 0 Å². The third kappa shape index (κ3) is 2.88. The zero-order valence-corrected chi connectivity index (χ0v) is 10.0. The van der Waals surface area contributed by atoms with Gasteiger partial charge >= 0.3 is 0 Å². The maximum absolute atomic E-state index is 6.00. The van der Waals surface area contributed by atoms with E-state index in [4.69, 9.17) is 5.73 Å². The summed E-state index contributed by atoms with van der Waals surface area (Å²) in [6, 6.07) is 8.67. The van der Waals surface area contributed by atoms with E-state index in [1.54, 1.807) is 0 Å². The first-order valence-electron chi connectivity index (χ1n) is 5.81. The summed E-state index contributed by atoms with van der Waals surface area (Å²) in [5.41, 5.74) is 8.06. The van der Waals surface area contributed by atoms with E-state index in [1.807, 2.05) is 12.1 Å². The molecule has 0 aliphatic carbocycles. The number of anilines is 2. The van der Waals surface area contributed by atoms with Crippen molar-refractivity contribution in [1.82, 2.24) is 0 Å². The lowest BCUT2D eigenvalue weighted by molar-refractivity contribution is 0.610. The zero-order chi connectivity index (χ0) is 11.3. The molecule has 1 unspecified atom stereocenters. The molecule has 0 spiro atoms. The molecule has 0 heterocycles. The average molecular weight is 206 g/mol. The van der Waals surface area contributed by atoms with E-state index in [-0.39, 0.29) is 0 Å². The fourth-order valence-electron chi connectivity index (χ4n) is 1.79. The van der Waals surface area contributed by atoms with Crippen molar-refractivity contribution in [2.75, 3.05) is 17.2 Å². The molecule has 15 heavy (non-hydrogen) atoms. The summed E-state index contributed by atoms with van der Waals surface area (Å²) in [7, 11) is 0. The predicted molar refractivity (Wildman–Crippen MR) is 68.2 cm³/mol. The molecule has 84 valence electrons. The smallest absolute Gasteiger partial charge is 0.0602 e. The molecule has 1 aromatic rings. The predicted octanol–water partition coefficient (Wildman–Crippen LogP) is 3.28. The molecular formula is C13H22N2. The molecule has 0 fully saturated rings. The second-order valence-corrected chi connectivity index (χ2v) is 4.01. The summed E-state index contributed by atoms with van der Waals surface area (Å²) in [5, 5.41) is 0. The summed E-state index contributed by atoms with van der Waals surface area (Å²) in [5.74, 6) is 0. The van der Waals surface area contributed by atoms with Crippen LogP contribution in [0, 0.1) is 0 Å². The molecule has 0 aromatic heterocycles. The molecule has 1 aromatic carbocycles. The van der Waals surface area contributed by atoms with Gasteiger partial charge in [-0.15, -0.1) is 0 Å². The zero-order valence-electron chi connectivity index (χ0n) is 10.0. The van der Waals surface area contributed by atoms with E-state index in [0.29, 0.717) is 6.04 Å². The van der Waals surface area contributed by atoms with Crippen LogP contribution in [0.1, 0.15) is 33.6 Å². The maximum atomic E-state index is 6.00. The molecule has 0 aliphatic rings. The number of benzene rings is 1. The van der Waals surface area contributed by atoms with Gasteiger partial charge in [-0.2, -0.15) is 0 Å². The number of hydrogen-bond acceptors (Lipinski definition) is 2. The van der Waals surface area contributed by atoms with E-state index in [1.165, 1.54) is 5.69 Å². The monoisotopic (exact) mass is 206 g/mol. The van der Waals surface area contributed by atoms with Crippen LogP contribution in [0.3, 0.4) is 0 Å². The first kappa shape index (κ1) is 11.9. The van der Waals surface area contributed by atoms with E-state index in [0.717, 1.165) is 25.1 Å². The number of nitrogens with two attached hydrogens (primary N) is 1. The molecule has 2 N–H and O–H groups in total. The van der Waals surface area contributed by atoms with Crippen LogP contribution in [0.15, 0.2) is 24.3 Å². The third-order valence-corrected chi connectivity index (χ3v) is 2.83. The van der Waals surface area contributed by atoms with Crippen molar-refractivity contribution >= 4 is 11.4 Å². The molecule has 0 radical (unpaired) electrons. The minimum atomic E-state index is 0.551. The van der Waals surface area contributed by atoms with E-state index < -0.39 is 0 Å². The summed E-state index contributed by atoms with van der Waals surface area (Å²) >= 11 is 0. The molecular weight excluding hydrogens is 184 g/mol. The van der Waals surface area contributed by atoms with Gasteiger partial charge in [0.05, 0.1) is 11.4 Å². The van der Waals surface area contributed by atoms with Crippen LogP contribution < -0.4 is 10.6 Å². The Hall–Kier alpha value is -1.18. The summed E-state index contributed by atoms with van der Waals surface area (Å²) in [6.07, 6.45) is 2.30. The van der Waals surface area contributed by atoms with E-state index >= 15 is 0 Å². The van der Waals surface area contributed by atoms with Crippen molar-refractivity contribution < 1.29 is 0 Å². The van der Waals surface area contributed by atoms with Gasteiger partial charge in [0, 0.05) is 12.6 Å². The Kier molecular flexibility index (Phi) is 4.47. The lowest BCUT2D eigenvalue weighted by Crippen LogP contribution is -2.33. The fourth-order valence-corrected chi connectivity index (χ4v) is 1.79. The number of nitrogens with zero attached hydrogens (tertiary/aromatic N) is 1. The highest BCUT2D eigenvalue weighted by Crippen LogP contribution is 2.25. The van der Waals surface area contributed by atoms with Gasteiger partial charge in [-0.3, -0.25) is 0 Å². The van der Waals surface area contributed by atoms with Gasteiger partial charge in [0.25, 0.3) is 0 Å². The molecule has 2 nitrogen and oxygen atoms in total. The molecule has 0 saturated heterocycles. The van der Waals surface area contributed by atoms with E-state index in [2.05, 4.69) is 37.8 Å². The van der Waals surface area contributed by atoms with Crippen molar-refractivity contribution in [3.05, 3.63) is 24.3 Å². The molecule has 0 bridgehead atoms. The maximum Gasteiger partial charge on any atom is 0.0602 e. The third-order valence-electron chi connectivity index (χ3n) is 2.83. The van der Waals surface area contributed by atoms with Gasteiger partial charge in [-0.25, -0.2) is 0 Å². The first-order chi connectivity index (χ1) is 7.20. The first-order valence-corrected chi connectivity index (χ1v) is 5.81. The second kappa shape index (κ2) is 5.64. The molecule has 2 heteroatoms. The Morgan fingerprint density at radius 1 is 1.27 bits per heavy atom. The van der Waals surface area contributed by atoms with Gasteiger partial charge in [0.2, 0.25) is 0 Å². The van der Waals surface area contributed by atoms with Crippen molar-refractivity contribution in [3.8, 4) is 0 Å². The molecule has 1 rings (SSSR count). The minimum Gasteiger partial charge on any atom is -0.397 e. The Morgan fingerprint density at radius 2 is 1.93 bits per heavy atom. The highest BCUT2D eigenvalue weighted by molar-refractivity contribution is 5.67. The van der Waals surface area contributed by atoms with Crippen LogP contribution >= 0.6 is 0 Å². The van der Waals surface area contributed by atoms with Crippen molar-refractivity contribution in [2.45, 2.75) is 39.7 Å². The van der Waals surface area contributed by atoms with Crippen LogP contribution in [0.5, 0.6) is 0 Å². The van der Waals surface area contributed by atoms with Crippen molar-refractivity contribution in [3.63, 3.8) is 0 Å². The Labute approximate surface area is 93.1 Å². The Balaban J connectivity index is 2.93. The van der Waals surface area contributed by atoms with Crippen molar-refractivity contribution in [2.24, 2.45) is 0 Å². The SMILES string of the molecule is CCCN(c1ccccc1N)C(C)CC. The highest BCUT2D eigenvalue weighted by atomic mass is 15.2. The normalized spacial score (nSPS) is 12.5. The van der Waals surface area contributed by atoms with Gasteiger partial charge in [0.15, 0.2) is 0 Å². The summed E-state index contributed by atoms with van der Waals surface area (Å²) in [6.45, 7) is 7.74. The van der Waals surface area contributed by atoms with Crippen LogP contribution in [0.4, 0.5) is 11.4 Å². The number of para-hydroxylation sites is 2. The van der Waals surface area contributed by atoms with Gasteiger partial charge in [-0.05, 0) is 31.9 Å². The van der Waals surface area contributed by atoms with Gasteiger partial charge in [-0.1, -0.05) is 26.0 Å². The van der Waals surface area contributed by atoms with Crippen molar-refractivity contribution in [1.29, 1.82) is 0 Å². The topological polar surface area (TPSA) is 29.3 Å². The molecule has 0 amide bonds. The molecule has 1 atom stereocenters.